The topological polar surface area (TPSA) is 114 Å². The molecule has 1 heterocycles. The first-order valence-electron chi connectivity index (χ1n) is 10.4. The molecule has 4 aromatic rings. The lowest BCUT2D eigenvalue weighted by Crippen LogP contribution is -2.09. The van der Waals surface area contributed by atoms with E-state index in [2.05, 4.69) is 0 Å². The average Bonchev–Trinajstić information content (AvgIpc) is 2.87. The molecule has 9 nitrogen and oxygen atoms in total. The summed E-state index contributed by atoms with van der Waals surface area (Å²) in [4.78, 5) is 25.4. The van der Waals surface area contributed by atoms with Gasteiger partial charge in [-0.2, -0.15) is 0 Å². The van der Waals surface area contributed by atoms with E-state index in [0.29, 0.717) is 28.6 Å². The SMILES string of the molecule is COc1ccc(C(=O)Oc2cc(O)c3c(=O)cc(-c4ccc(OC)c(OC)c4)oc3c2)cc1OC. The summed E-state index contributed by atoms with van der Waals surface area (Å²) in [7, 11) is 5.95. The molecule has 0 saturated heterocycles. The highest BCUT2D eigenvalue weighted by molar-refractivity contribution is 5.93. The fraction of sp³-hybridized carbons (Fsp3) is 0.154. The summed E-state index contributed by atoms with van der Waals surface area (Å²) < 4.78 is 32.3. The highest BCUT2D eigenvalue weighted by Gasteiger charge is 2.17. The zero-order chi connectivity index (χ0) is 25.1. The number of phenols is 1. The van der Waals surface area contributed by atoms with Gasteiger partial charge in [0.25, 0.3) is 0 Å². The Kier molecular flexibility index (Phi) is 6.50. The molecule has 0 bridgehead atoms. The Balaban J connectivity index is 1.72. The first-order valence-corrected chi connectivity index (χ1v) is 10.4. The second-order valence-corrected chi connectivity index (χ2v) is 7.32. The molecular weight excluding hydrogens is 456 g/mol. The fourth-order valence-corrected chi connectivity index (χ4v) is 3.56. The molecule has 1 N–H and O–H groups in total. The van der Waals surface area contributed by atoms with Gasteiger partial charge in [-0.3, -0.25) is 4.79 Å². The van der Waals surface area contributed by atoms with Gasteiger partial charge in [0, 0.05) is 23.8 Å². The second kappa shape index (κ2) is 9.68. The van der Waals surface area contributed by atoms with Crippen molar-refractivity contribution in [1.29, 1.82) is 0 Å². The van der Waals surface area contributed by atoms with Crippen LogP contribution in [0.5, 0.6) is 34.5 Å². The van der Waals surface area contributed by atoms with Crippen molar-refractivity contribution in [1.82, 2.24) is 0 Å². The fourth-order valence-electron chi connectivity index (χ4n) is 3.56. The maximum atomic E-state index is 12.7. The molecule has 0 aliphatic heterocycles. The van der Waals surface area contributed by atoms with Crippen molar-refractivity contribution in [2.75, 3.05) is 28.4 Å². The van der Waals surface area contributed by atoms with Crippen LogP contribution in [0.4, 0.5) is 0 Å². The third kappa shape index (κ3) is 4.56. The molecule has 0 atom stereocenters. The summed E-state index contributed by atoms with van der Waals surface area (Å²) in [5, 5.41) is 10.4. The van der Waals surface area contributed by atoms with E-state index in [9.17, 15) is 14.7 Å². The van der Waals surface area contributed by atoms with Gasteiger partial charge in [-0.1, -0.05) is 0 Å². The molecule has 0 aliphatic carbocycles. The Morgan fingerprint density at radius 1 is 0.771 bits per heavy atom. The molecule has 4 rings (SSSR count). The van der Waals surface area contributed by atoms with Crippen molar-refractivity contribution in [3.63, 3.8) is 0 Å². The lowest BCUT2D eigenvalue weighted by atomic mass is 10.1. The van der Waals surface area contributed by atoms with E-state index in [1.807, 2.05) is 0 Å². The zero-order valence-corrected chi connectivity index (χ0v) is 19.4. The molecule has 0 saturated carbocycles. The smallest absolute Gasteiger partial charge is 0.343 e. The molecule has 0 spiro atoms. The van der Waals surface area contributed by atoms with Crippen LogP contribution < -0.4 is 29.1 Å². The molecule has 3 aromatic carbocycles. The van der Waals surface area contributed by atoms with Gasteiger partial charge in [-0.15, -0.1) is 0 Å². The number of hydrogen-bond acceptors (Lipinski definition) is 9. The molecule has 0 unspecified atom stereocenters. The summed E-state index contributed by atoms with van der Waals surface area (Å²) in [6, 6.07) is 13.4. The van der Waals surface area contributed by atoms with E-state index < -0.39 is 11.4 Å². The largest absolute Gasteiger partial charge is 0.507 e. The minimum atomic E-state index is -0.705. The molecule has 0 fully saturated rings. The van der Waals surface area contributed by atoms with Gasteiger partial charge in [0.1, 0.15) is 28.2 Å². The van der Waals surface area contributed by atoms with Crippen LogP contribution in [0.3, 0.4) is 0 Å². The molecule has 0 aliphatic rings. The second-order valence-electron chi connectivity index (χ2n) is 7.32. The van der Waals surface area contributed by atoms with Gasteiger partial charge < -0.3 is 33.2 Å². The number of phenolic OH excluding ortho intramolecular Hbond substituents is 1. The van der Waals surface area contributed by atoms with Crippen LogP contribution >= 0.6 is 0 Å². The van der Waals surface area contributed by atoms with Gasteiger partial charge in [-0.25, -0.2) is 4.79 Å². The maximum Gasteiger partial charge on any atom is 0.343 e. The lowest BCUT2D eigenvalue weighted by Gasteiger charge is -2.11. The van der Waals surface area contributed by atoms with Crippen LogP contribution in [0.25, 0.3) is 22.3 Å². The Labute approximate surface area is 200 Å². The highest BCUT2D eigenvalue weighted by Crippen LogP contribution is 2.35. The molecule has 0 amide bonds. The van der Waals surface area contributed by atoms with Crippen LogP contribution in [0, 0.1) is 0 Å². The molecule has 35 heavy (non-hydrogen) atoms. The molecule has 1 aromatic heterocycles. The van der Waals surface area contributed by atoms with Gasteiger partial charge >= 0.3 is 5.97 Å². The number of rotatable bonds is 7. The summed E-state index contributed by atoms with van der Waals surface area (Å²) in [5.41, 5.74) is 0.320. The van der Waals surface area contributed by atoms with Crippen LogP contribution in [0.2, 0.25) is 0 Å². The van der Waals surface area contributed by atoms with Crippen molar-refractivity contribution in [3.05, 3.63) is 70.4 Å². The Morgan fingerprint density at radius 3 is 2.06 bits per heavy atom. The highest BCUT2D eigenvalue weighted by atomic mass is 16.5. The number of carbonyl (C=O) groups excluding carboxylic acids is 1. The Bertz CT molecular complexity index is 1470. The summed E-state index contributed by atoms with van der Waals surface area (Å²) in [5.74, 6) is 0.905. The zero-order valence-electron chi connectivity index (χ0n) is 19.4. The number of benzene rings is 3. The van der Waals surface area contributed by atoms with E-state index in [1.54, 1.807) is 24.3 Å². The monoisotopic (exact) mass is 478 g/mol. The average molecular weight is 478 g/mol. The van der Waals surface area contributed by atoms with Crippen LogP contribution in [0.1, 0.15) is 10.4 Å². The van der Waals surface area contributed by atoms with Gasteiger partial charge in [0.05, 0.1) is 34.0 Å². The Morgan fingerprint density at radius 2 is 1.40 bits per heavy atom. The maximum absolute atomic E-state index is 12.7. The number of aromatic hydroxyl groups is 1. The normalized spacial score (nSPS) is 10.6. The van der Waals surface area contributed by atoms with Crippen molar-refractivity contribution < 1.29 is 38.0 Å². The third-order valence-electron chi connectivity index (χ3n) is 5.28. The first-order chi connectivity index (χ1) is 16.9. The van der Waals surface area contributed by atoms with Crippen LogP contribution in [0.15, 0.2) is 63.8 Å². The van der Waals surface area contributed by atoms with Gasteiger partial charge in [-0.05, 0) is 36.4 Å². The summed E-state index contributed by atoms with van der Waals surface area (Å²) in [6.07, 6.45) is 0. The van der Waals surface area contributed by atoms with E-state index in [0.717, 1.165) is 0 Å². The predicted molar refractivity (Wildman–Crippen MR) is 127 cm³/mol. The number of methoxy groups -OCH3 is 4. The van der Waals surface area contributed by atoms with E-state index in [1.165, 1.54) is 58.8 Å². The molecular formula is C26H22O9. The van der Waals surface area contributed by atoms with Crippen molar-refractivity contribution in [3.8, 4) is 45.8 Å². The third-order valence-corrected chi connectivity index (χ3v) is 5.28. The first kappa shape index (κ1) is 23.5. The number of hydrogen-bond donors (Lipinski definition) is 1. The molecule has 9 heteroatoms. The lowest BCUT2D eigenvalue weighted by molar-refractivity contribution is 0.0734. The summed E-state index contributed by atoms with van der Waals surface area (Å²) in [6.45, 7) is 0. The molecule has 180 valence electrons. The molecule has 0 radical (unpaired) electrons. The van der Waals surface area contributed by atoms with E-state index >= 15 is 0 Å². The van der Waals surface area contributed by atoms with Crippen molar-refractivity contribution >= 4 is 16.9 Å². The van der Waals surface area contributed by atoms with E-state index in [4.69, 9.17) is 28.1 Å². The number of carbonyl (C=O) groups is 1. The Hall–Kier alpha value is -4.66. The minimum absolute atomic E-state index is 0.0117. The van der Waals surface area contributed by atoms with Crippen molar-refractivity contribution in [2.24, 2.45) is 0 Å². The quantitative estimate of drug-likeness (QED) is 0.305. The van der Waals surface area contributed by atoms with Crippen LogP contribution in [-0.2, 0) is 0 Å². The van der Waals surface area contributed by atoms with Gasteiger partial charge in [0.15, 0.2) is 28.4 Å². The standard InChI is InChI=1S/C26H22O9/c1-30-19-7-5-14(9-22(19)32-3)21-13-18(28)25-17(27)11-16(12-24(25)35-21)34-26(29)15-6-8-20(31-2)23(10-15)33-4/h5-13,27H,1-4H3. The number of ether oxygens (including phenoxy) is 5. The van der Waals surface area contributed by atoms with E-state index in [-0.39, 0.29) is 33.8 Å². The van der Waals surface area contributed by atoms with Crippen molar-refractivity contribution in [2.45, 2.75) is 0 Å². The summed E-state index contributed by atoms with van der Waals surface area (Å²) >= 11 is 0. The minimum Gasteiger partial charge on any atom is -0.507 e. The number of esters is 1. The number of fused-ring (bicyclic) bond motifs is 1. The predicted octanol–water partition coefficient (Wildman–Crippen LogP) is 4.42. The van der Waals surface area contributed by atoms with Crippen LogP contribution in [-0.4, -0.2) is 39.5 Å². The van der Waals surface area contributed by atoms with Gasteiger partial charge in [0.2, 0.25) is 0 Å².